The highest BCUT2D eigenvalue weighted by molar-refractivity contribution is 5.40. The lowest BCUT2D eigenvalue weighted by molar-refractivity contribution is -0.197. The van der Waals surface area contributed by atoms with E-state index in [2.05, 4.69) is 79.1 Å². The maximum Gasteiger partial charge on any atom is 0.222 e. The van der Waals surface area contributed by atoms with E-state index in [0.29, 0.717) is 0 Å². The molecule has 0 aliphatic heterocycles. The van der Waals surface area contributed by atoms with Crippen LogP contribution in [-0.4, -0.2) is 12.3 Å². The number of hydrogen-bond acceptors (Lipinski definition) is 3. The monoisotopic (exact) mass is 351 g/mol. The third-order valence-electron chi connectivity index (χ3n) is 3.46. The van der Waals surface area contributed by atoms with E-state index in [1.54, 1.807) is 0 Å². The molecule has 0 aliphatic carbocycles. The molecule has 0 fully saturated rings. The number of hydroxylamine groups is 1. The lowest BCUT2D eigenvalue weighted by atomic mass is 9.80. The fourth-order valence-corrected chi connectivity index (χ4v) is 2.07. The normalized spacial score (nSPS) is 12.4. The van der Waals surface area contributed by atoms with Crippen molar-refractivity contribution in [3.8, 4) is 5.75 Å². The van der Waals surface area contributed by atoms with E-state index < -0.39 is 5.79 Å². The summed E-state index contributed by atoms with van der Waals surface area (Å²) in [5.41, 5.74) is 5.57. The van der Waals surface area contributed by atoms with Crippen LogP contribution in [0, 0.1) is 0 Å². The number of nitrogens with one attached hydrogen (secondary N) is 1. The SMILES string of the molecule is CCC.CCNOC(C)(C)Oc1cc(C(C)(C)C)cc(C(C)(C)C)c1. The van der Waals surface area contributed by atoms with Crippen LogP contribution in [0.5, 0.6) is 5.75 Å². The first kappa shape index (κ1) is 23.9. The highest BCUT2D eigenvalue weighted by Crippen LogP contribution is 2.34. The fraction of sp³-hybridized carbons (Fsp3) is 0.727. The van der Waals surface area contributed by atoms with Crippen LogP contribution in [0.15, 0.2) is 18.2 Å². The van der Waals surface area contributed by atoms with E-state index in [1.165, 1.54) is 17.5 Å². The van der Waals surface area contributed by atoms with Crippen LogP contribution in [0.1, 0.15) is 93.7 Å². The van der Waals surface area contributed by atoms with Crippen LogP contribution >= 0.6 is 0 Å². The molecule has 1 aromatic carbocycles. The third-order valence-corrected chi connectivity index (χ3v) is 3.46. The molecule has 1 aromatic rings. The molecule has 0 aromatic heterocycles. The Kier molecular flexibility index (Phi) is 9.18. The Labute approximate surface area is 156 Å². The van der Waals surface area contributed by atoms with Gasteiger partial charge in [0, 0.05) is 20.4 Å². The van der Waals surface area contributed by atoms with Crippen molar-refractivity contribution in [2.24, 2.45) is 0 Å². The van der Waals surface area contributed by atoms with Gasteiger partial charge in [-0.15, -0.1) is 0 Å². The molecule has 0 aliphatic rings. The molecular weight excluding hydrogens is 310 g/mol. The van der Waals surface area contributed by atoms with Crippen molar-refractivity contribution in [3.63, 3.8) is 0 Å². The van der Waals surface area contributed by atoms with Gasteiger partial charge in [-0.3, -0.25) is 4.84 Å². The fourth-order valence-electron chi connectivity index (χ4n) is 2.07. The van der Waals surface area contributed by atoms with Crippen LogP contribution in [-0.2, 0) is 15.7 Å². The molecule has 0 radical (unpaired) electrons. The second-order valence-corrected chi connectivity index (χ2v) is 9.06. The molecule has 0 unspecified atom stereocenters. The lowest BCUT2D eigenvalue weighted by Crippen LogP contribution is -2.37. The summed E-state index contributed by atoms with van der Waals surface area (Å²) in [6.07, 6.45) is 1.25. The van der Waals surface area contributed by atoms with Gasteiger partial charge in [0.25, 0.3) is 0 Å². The molecule has 0 amide bonds. The smallest absolute Gasteiger partial charge is 0.222 e. The summed E-state index contributed by atoms with van der Waals surface area (Å²) in [4.78, 5) is 5.56. The topological polar surface area (TPSA) is 30.5 Å². The standard InChI is InChI=1S/C19H33NO2.C3H8/c1-10-20-22-19(8,9)21-16-12-14(17(2,3)4)11-15(13-16)18(5,6)7;1-3-2/h11-13,20H,10H2,1-9H3;3H2,1-2H3. The summed E-state index contributed by atoms with van der Waals surface area (Å²) < 4.78 is 6.09. The second-order valence-electron chi connectivity index (χ2n) is 9.06. The van der Waals surface area contributed by atoms with Gasteiger partial charge in [-0.05, 0) is 34.1 Å². The number of benzene rings is 1. The Balaban J connectivity index is 0.00000178. The van der Waals surface area contributed by atoms with Crippen LogP contribution in [0.2, 0.25) is 0 Å². The van der Waals surface area contributed by atoms with Crippen molar-refractivity contribution in [3.05, 3.63) is 29.3 Å². The highest BCUT2D eigenvalue weighted by atomic mass is 16.8. The van der Waals surface area contributed by atoms with Gasteiger partial charge < -0.3 is 4.74 Å². The Morgan fingerprint density at radius 1 is 0.760 bits per heavy atom. The van der Waals surface area contributed by atoms with Crippen molar-refractivity contribution >= 4 is 0 Å². The summed E-state index contributed by atoms with van der Waals surface area (Å²) in [5.74, 6) is 0.127. The van der Waals surface area contributed by atoms with Crippen LogP contribution in [0.3, 0.4) is 0 Å². The van der Waals surface area contributed by atoms with Crippen LogP contribution in [0.4, 0.5) is 0 Å². The average Bonchev–Trinajstić information content (AvgIpc) is 2.43. The van der Waals surface area contributed by atoms with Gasteiger partial charge >= 0.3 is 0 Å². The van der Waals surface area contributed by atoms with Crippen molar-refractivity contribution in [2.45, 2.75) is 99.2 Å². The summed E-state index contributed by atoms with van der Waals surface area (Å²) in [6, 6.07) is 6.52. The molecule has 3 heteroatoms. The Bertz CT molecular complexity index is 475. The van der Waals surface area contributed by atoms with Crippen LogP contribution < -0.4 is 10.2 Å². The van der Waals surface area contributed by atoms with Gasteiger partial charge in [0.15, 0.2) is 0 Å². The highest BCUT2D eigenvalue weighted by Gasteiger charge is 2.25. The number of hydrogen-bond donors (Lipinski definition) is 1. The first-order valence-corrected chi connectivity index (χ1v) is 9.52. The molecule has 0 heterocycles. The molecule has 25 heavy (non-hydrogen) atoms. The summed E-state index contributed by atoms with van der Waals surface area (Å²) in [5, 5.41) is 0. The molecule has 0 bridgehead atoms. The minimum atomic E-state index is -0.721. The van der Waals surface area contributed by atoms with Gasteiger partial charge in [0.2, 0.25) is 5.79 Å². The predicted molar refractivity (Wildman–Crippen MR) is 109 cm³/mol. The first-order valence-electron chi connectivity index (χ1n) is 9.52. The van der Waals surface area contributed by atoms with E-state index in [1.807, 2.05) is 20.8 Å². The van der Waals surface area contributed by atoms with Gasteiger partial charge in [-0.25, -0.2) is 0 Å². The minimum Gasteiger partial charge on any atom is -0.461 e. The number of rotatable bonds is 5. The maximum absolute atomic E-state index is 6.09. The molecule has 3 nitrogen and oxygen atoms in total. The number of ether oxygens (including phenoxy) is 1. The van der Waals surface area contributed by atoms with Gasteiger partial charge in [0.05, 0.1) is 0 Å². The van der Waals surface area contributed by atoms with E-state index in [0.717, 1.165) is 12.3 Å². The van der Waals surface area contributed by atoms with E-state index in [4.69, 9.17) is 9.57 Å². The van der Waals surface area contributed by atoms with E-state index in [-0.39, 0.29) is 10.8 Å². The van der Waals surface area contributed by atoms with Gasteiger partial charge in [-0.2, -0.15) is 5.48 Å². The van der Waals surface area contributed by atoms with Crippen molar-refractivity contribution < 1.29 is 9.57 Å². The van der Waals surface area contributed by atoms with Crippen molar-refractivity contribution in [1.29, 1.82) is 0 Å². The zero-order valence-electron chi connectivity index (χ0n) is 18.5. The predicted octanol–water partition coefficient (Wildman–Crippen LogP) is 6.35. The molecule has 0 saturated heterocycles. The summed E-state index contributed by atoms with van der Waals surface area (Å²) >= 11 is 0. The molecule has 1 rings (SSSR count). The maximum atomic E-state index is 6.09. The van der Waals surface area contributed by atoms with Crippen LogP contribution in [0.25, 0.3) is 0 Å². The molecule has 146 valence electrons. The molecule has 0 saturated carbocycles. The van der Waals surface area contributed by atoms with E-state index in [9.17, 15) is 0 Å². The van der Waals surface area contributed by atoms with Gasteiger partial charge in [0.1, 0.15) is 5.75 Å². The Hall–Kier alpha value is -1.06. The van der Waals surface area contributed by atoms with Crippen molar-refractivity contribution in [1.82, 2.24) is 5.48 Å². The third kappa shape index (κ3) is 9.27. The zero-order valence-corrected chi connectivity index (χ0v) is 18.5. The summed E-state index contributed by atoms with van der Waals surface area (Å²) in [7, 11) is 0. The quantitative estimate of drug-likeness (QED) is 0.495. The van der Waals surface area contributed by atoms with E-state index >= 15 is 0 Å². The first-order chi connectivity index (χ1) is 11.3. The Morgan fingerprint density at radius 3 is 1.48 bits per heavy atom. The minimum absolute atomic E-state index is 0.0754. The molecule has 0 atom stereocenters. The molecule has 0 spiro atoms. The average molecular weight is 352 g/mol. The largest absolute Gasteiger partial charge is 0.461 e. The second kappa shape index (κ2) is 9.59. The molecule has 1 N–H and O–H groups in total. The summed E-state index contributed by atoms with van der Waals surface area (Å²) in [6.45, 7) is 24.1. The Morgan fingerprint density at radius 2 is 1.16 bits per heavy atom. The van der Waals surface area contributed by atoms with Crippen molar-refractivity contribution in [2.75, 3.05) is 6.54 Å². The zero-order chi connectivity index (χ0) is 19.9. The lowest BCUT2D eigenvalue weighted by Gasteiger charge is -2.30. The van der Waals surface area contributed by atoms with Gasteiger partial charge in [-0.1, -0.05) is 74.8 Å². The molecular formula is C22H41NO2.